The van der Waals surface area contributed by atoms with Gasteiger partial charge in [0.1, 0.15) is 34.2 Å². The van der Waals surface area contributed by atoms with Gasteiger partial charge in [-0.1, -0.05) is 5.16 Å². The van der Waals surface area contributed by atoms with Crippen LogP contribution >= 0.6 is 0 Å². The minimum absolute atomic E-state index is 0.0309. The van der Waals surface area contributed by atoms with Crippen LogP contribution in [0.4, 0.5) is 9.18 Å². The fourth-order valence-electron chi connectivity index (χ4n) is 3.61. The number of aryl methyl sites for hydroxylation is 2. The third kappa shape index (κ3) is 3.68. The Bertz CT molecular complexity index is 1320. The summed E-state index contributed by atoms with van der Waals surface area (Å²) in [5.74, 6) is -0.311. The van der Waals surface area contributed by atoms with Crippen molar-refractivity contribution in [2.75, 3.05) is 6.61 Å². The number of hydrogen-bond acceptors (Lipinski definition) is 7. The van der Waals surface area contributed by atoms with Crippen molar-refractivity contribution in [2.45, 2.75) is 20.8 Å². The third-order valence-corrected chi connectivity index (χ3v) is 4.90. The minimum atomic E-state index is -1.26. The lowest BCUT2D eigenvalue weighted by molar-refractivity contribution is 0.0640. The summed E-state index contributed by atoms with van der Waals surface area (Å²) in [6, 6.07) is 8.67. The molecule has 164 valence electrons. The summed E-state index contributed by atoms with van der Waals surface area (Å²) in [7, 11) is 0. The summed E-state index contributed by atoms with van der Waals surface area (Å²) in [5, 5.41) is 4.33. The third-order valence-electron chi connectivity index (χ3n) is 4.90. The number of fused-ring (bicyclic) bond motifs is 1. The Morgan fingerprint density at radius 3 is 2.47 bits per heavy atom. The number of ether oxygens (including phenoxy) is 2. The number of esters is 1. The summed E-state index contributed by atoms with van der Waals surface area (Å²) in [6.07, 6.45) is -1.26. The van der Waals surface area contributed by atoms with E-state index in [1.807, 2.05) is 6.92 Å². The predicted molar refractivity (Wildman–Crippen MR) is 113 cm³/mol. The molecule has 2 aromatic heterocycles. The number of carbonyl (C=O) groups is 2. The molecular formula is C23H19FN2O6. The topological polar surface area (TPSA) is 118 Å². The molecule has 0 radical (unpaired) electrons. The molecule has 4 rings (SSSR count). The zero-order valence-electron chi connectivity index (χ0n) is 17.5. The zero-order chi connectivity index (χ0) is 23.0. The molecule has 0 saturated heterocycles. The molecule has 2 aromatic carbocycles. The Kier molecular flexibility index (Phi) is 5.40. The number of primary amides is 1. The lowest BCUT2D eigenvalue weighted by atomic mass is 9.99. The van der Waals surface area contributed by atoms with E-state index in [0.29, 0.717) is 45.9 Å². The molecule has 0 atom stereocenters. The van der Waals surface area contributed by atoms with Gasteiger partial charge < -0.3 is 24.1 Å². The Morgan fingerprint density at radius 2 is 1.88 bits per heavy atom. The highest BCUT2D eigenvalue weighted by Crippen LogP contribution is 2.42. The lowest BCUT2D eigenvalue weighted by Gasteiger charge is -2.10. The number of halogens is 1. The number of amides is 1. The largest absolute Gasteiger partial charge is 0.493 e. The Balaban J connectivity index is 2.02. The van der Waals surface area contributed by atoms with E-state index in [1.165, 1.54) is 24.3 Å². The smallest absolute Gasteiger partial charge is 0.412 e. The van der Waals surface area contributed by atoms with E-state index in [9.17, 15) is 14.0 Å². The van der Waals surface area contributed by atoms with Gasteiger partial charge in [-0.25, -0.2) is 14.0 Å². The number of hydrogen-bond donors (Lipinski definition) is 1. The van der Waals surface area contributed by atoms with Crippen LogP contribution in [0, 0.1) is 19.7 Å². The van der Waals surface area contributed by atoms with E-state index in [1.54, 1.807) is 26.0 Å². The van der Waals surface area contributed by atoms with Gasteiger partial charge in [0.05, 0.1) is 17.9 Å². The van der Waals surface area contributed by atoms with Gasteiger partial charge in [-0.15, -0.1) is 0 Å². The first-order valence-electron chi connectivity index (χ1n) is 9.74. The van der Waals surface area contributed by atoms with Crippen molar-refractivity contribution in [3.8, 4) is 28.2 Å². The van der Waals surface area contributed by atoms with Crippen LogP contribution in [0.1, 0.15) is 28.7 Å². The number of benzene rings is 2. The monoisotopic (exact) mass is 438 g/mol. The van der Waals surface area contributed by atoms with Crippen molar-refractivity contribution in [1.29, 1.82) is 0 Å². The van der Waals surface area contributed by atoms with Crippen LogP contribution in [0.3, 0.4) is 0 Å². The molecule has 2 N–H and O–H groups in total. The summed E-state index contributed by atoms with van der Waals surface area (Å²) in [5.41, 5.74) is 7.79. The normalized spacial score (nSPS) is 11.0. The highest BCUT2D eigenvalue weighted by atomic mass is 19.1. The van der Waals surface area contributed by atoms with Crippen LogP contribution in [-0.2, 0) is 4.74 Å². The standard InChI is InChI=1S/C23H19FN2O6/c1-4-29-17-9-16-18(10-15(17)19-11(2)26-32-12(19)3)30-21(13-5-7-14(24)8-6-13)20(16)22(27)31-23(25)28/h5-10H,4H2,1-3H3,(H2,25,28). The van der Waals surface area contributed by atoms with Crippen molar-refractivity contribution in [1.82, 2.24) is 5.16 Å². The SMILES string of the molecule is CCOc1cc2c(C(=O)OC(N)=O)c(-c3ccc(F)cc3)oc2cc1-c1c(C)noc1C. The summed E-state index contributed by atoms with van der Waals surface area (Å²) in [6.45, 7) is 5.75. The molecule has 9 heteroatoms. The molecule has 0 spiro atoms. The number of nitrogens with two attached hydrogens (primary N) is 1. The van der Waals surface area contributed by atoms with E-state index >= 15 is 0 Å². The number of carbonyl (C=O) groups excluding carboxylic acids is 2. The van der Waals surface area contributed by atoms with Crippen LogP contribution in [0.25, 0.3) is 33.4 Å². The number of nitrogens with zero attached hydrogens (tertiary/aromatic N) is 1. The van der Waals surface area contributed by atoms with E-state index in [-0.39, 0.29) is 11.3 Å². The molecule has 8 nitrogen and oxygen atoms in total. The van der Waals surface area contributed by atoms with Crippen molar-refractivity contribution in [3.63, 3.8) is 0 Å². The Labute approximate surface area is 181 Å². The zero-order valence-corrected chi connectivity index (χ0v) is 17.5. The molecule has 4 aromatic rings. The first-order chi connectivity index (χ1) is 15.3. The summed E-state index contributed by atoms with van der Waals surface area (Å²) >= 11 is 0. The second-order valence-electron chi connectivity index (χ2n) is 7.00. The van der Waals surface area contributed by atoms with Crippen LogP contribution in [0.15, 0.2) is 45.3 Å². The fraction of sp³-hybridized carbons (Fsp3) is 0.174. The van der Waals surface area contributed by atoms with Crippen molar-refractivity contribution < 1.29 is 32.4 Å². The maximum Gasteiger partial charge on any atom is 0.412 e. The molecule has 0 unspecified atom stereocenters. The van der Waals surface area contributed by atoms with E-state index in [2.05, 4.69) is 9.89 Å². The predicted octanol–water partition coefficient (Wildman–Crippen LogP) is 5.14. The lowest BCUT2D eigenvalue weighted by Crippen LogP contribution is -2.18. The minimum Gasteiger partial charge on any atom is -0.493 e. The van der Waals surface area contributed by atoms with Gasteiger partial charge in [-0.2, -0.15) is 0 Å². The average molecular weight is 438 g/mol. The number of rotatable bonds is 5. The van der Waals surface area contributed by atoms with Gasteiger partial charge in [0.2, 0.25) is 0 Å². The number of aromatic nitrogens is 1. The van der Waals surface area contributed by atoms with Crippen LogP contribution in [0.2, 0.25) is 0 Å². The molecule has 1 amide bonds. The maximum atomic E-state index is 13.4. The molecule has 0 fully saturated rings. The fourth-order valence-corrected chi connectivity index (χ4v) is 3.61. The molecular weight excluding hydrogens is 419 g/mol. The van der Waals surface area contributed by atoms with Crippen molar-refractivity contribution in [2.24, 2.45) is 5.73 Å². The molecule has 0 aliphatic carbocycles. The molecule has 0 saturated carbocycles. The average Bonchev–Trinajstić information content (AvgIpc) is 3.27. The highest BCUT2D eigenvalue weighted by Gasteiger charge is 2.27. The van der Waals surface area contributed by atoms with E-state index < -0.39 is 17.9 Å². The van der Waals surface area contributed by atoms with Crippen LogP contribution < -0.4 is 10.5 Å². The Morgan fingerprint density at radius 1 is 1.16 bits per heavy atom. The number of furan rings is 1. The molecule has 0 bridgehead atoms. The van der Waals surface area contributed by atoms with E-state index in [4.69, 9.17) is 19.4 Å². The molecule has 2 heterocycles. The molecule has 0 aliphatic heterocycles. The molecule has 32 heavy (non-hydrogen) atoms. The summed E-state index contributed by atoms with van der Waals surface area (Å²) in [4.78, 5) is 24.0. The van der Waals surface area contributed by atoms with Gasteiger partial charge >= 0.3 is 12.1 Å². The van der Waals surface area contributed by atoms with Gasteiger partial charge in [-0.3, -0.25) is 0 Å². The molecule has 0 aliphatic rings. The quantitative estimate of drug-likeness (QED) is 0.338. The first-order valence-corrected chi connectivity index (χ1v) is 9.74. The van der Waals surface area contributed by atoms with Crippen molar-refractivity contribution >= 4 is 23.0 Å². The van der Waals surface area contributed by atoms with Crippen molar-refractivity contribution in [3.05, 3.63) is 59.2 Å². The second kappa shape index (κ2) is 8.18. The maximum absolute atomic E-state index is 13.4. The highest BCUT2D eigenvalue weighted by molar-refractivity contribution is 6.12. The van der Waals surface area contributed by atoms with Gasteiger partial charge in [0.25, 0.3) is 0 Å². The first kappa shape index (κ1) is 21.1. The van der Waals surface area contributed by atoms with Gasteiger partial charge in [0, 0.05) is 16.5 Å². The van der Waals surface area contributed by atoms with Crippen LogP contribution in [-0.4, -0.2) is 23.8 Å². The Hall–Kier alpha value is -4.14. The summed E-state index contributed by atoms with van der Waals surface area (Å²) < 4.78 is 35.2. The van der Waals surface area contributed by atoms with Gasteiger partial charge in [-0.05, 0) is 57.2 Å². The van der Waals surface area contributed by atoms with E-state index in [0.717, 1.165) is 5.56 Å². The van der Waals surface area contributed by atoms with Crippen LogP contribution in [0.5, 0.6) is 5.75 Å². The second-order valence-corrected chi connectivity index (χ2v) is 7.00. The van der Waals surface area contributed by atoms with Gasteiger partial charge in [0.15, 0.2) is 0 Å².